The third-order valence-corrected chi connectivity index (χ3v) is 5.50. The van der Waals surface area contributed by atoms with Crippen LogP contribution in [-0.4, -0.2) is 35.0 Å². The highest BCUT2D eigenvalue weighted by Gasteiger charge is 2.36. The second kappa shape index (κ2) is 7.28. The number of hydrogen-bond donors (Lipinski definition) is 1. The van der Waals surface area contributed by atoms with Crippen LogP contribution in [0.25, 0.3) is 0 Å². The van der Waals surface area contributed by atoms with Gasteiger partial charge in [-0.1, -0.05) is 32.6 Å². The first-order valence-corrected chi connectivity index (χ1v) is 8.54. The van der Waals surface area contributed by atoms with Gasteiger partial charge < -0.3 is 10.0 Å². The first kappa shape index (κ1) is 16.3. The van der Waals surface area contributed by atoms with Crippen molar-refractivity contribution in [1.82, 2.24) is 4.90 Å². The quantitative estimate of drug-likeness (QED) is 0.847. The molecule has 4 nitrogen and oxygen atoms in total. The molecule has 0 spiro atoms. The molecule has 2 aliphatic rings. The first-order chi connectivity index (χ1) is 10.0. The number of fused-ring (bicyclic) bond motifs is 1. The van der Waals surface area contributed by atoms with Crippen molar-refractivity contribution in [3.63, 3.8) is 0 Å². The highest BCUT2D eigenvalue weighted by Crippen LogP contribution is 2.43. The Bertz CT molecular complexity index is 382. The Morgan fingerprint density at radius 2 is 1.81 bits per heavy atom. The molecular weight excluding hydrogens is 266 g/mol. The number of nitrogens with zero attached hydrogens (tertiary/aromatic N) is 1. The molecule has 0 bridgehead atoms. The number of amides is 1. The second-order valence-electron chi connectivity index (χ2n) is 6.93. The van der Waals surface area contributed by atoms with Gasteiger partial charge >= 0.3 is 5.97 Å². The van der Waals surface area contributed by atoms with Crippen LogP contribution >= 0.6 is 0 Å². The molecule has 2 fully saturated rings. The summed E-state index contributed by atoms with van der Waals surface area (Å²) < 4.78 is 0. The monoisotopic (exact) mass is 295 g/mol. The summed E-state index contributed by atoms with van der Waals surface area (Å²) in [5.41, 5.74) is 0. The molecule has 0 radical (unpaired) electrons. The minimum atomic E-state index is -0.822. The van der Waals surface area contributed by atoms with E-state index >= 15 is 0 Å². The van der Waals surface area contributed by atoms with E-state index in [0.29, 0.717) is 13.1 Å². The summed E-state index contributed by atoms with van der Waals surface area (Å²) in [5, 5.41) is 9.03. The number of carbonyl (C=O) groups is 2. The minimum Gasteiger partial charge on any atom is -0.481 e. The van der Waals surface area contributed by atoms with Crippen molar-refractivity contribution in [3.05, 3.63) is 0 Å². The smallest absolute Gasteiger partial charge is 0.308 e. The normalized spacial score (nSPS) is 30.3. The van der Waals surface area contributed by atoms with Crippen LogP contribution in [0.5, 0.6) is 0 Å². The van der Waals surface area contributed by atoms with Gasteiger partial charge in [0.2, 0.25) is 5.91 Å². The highest BCUT2D eigenvalue weighted by atomic mass is 16.4. The average Bonchev–Trinajstić information content (AvgIpc) is 2.51. The van der Waals surface area contributed by atoms with Crippen molar-refractivity contribution >= 4 is 11.9 Å². The number of hydrogen-bond acceptors (Lipinski definition) is 2. The van der Waals surface area contributed by atoms with Crippen molar-refractivity contribution in [2.24, 2.45) is 23.7 Å². The maximum Gasteiger partial charge on any atom is 0.308 e. The molecule has 120 valence electrons. The van der Waals surface area contributed by atoms with Gasteiger partial charge in [-0.15, -0.1) is 0 Å². The van der Waals surface area contributed by atoms with E-state index in [1.54, 1.807) is 11.8 Å². The SMILES string of the molecule is CCN(CC(C)C(=O)O)C(=O)C1CCC2CCCCC2C1. The van der Waals surface area contributed by atoms with E-state index < -0.39 is 11.9 Å². The standard InChI is InChI=1S/C17H29NO3/c1-3-18(11-12(2)17(20)21)16(19)15-9-8-13-6-4-5-7-14(13)10-15/h12-15H,3-11H2,1-2H3,(H,20,21). The molecule has 0 saturated heterocycles. The van der Waals surface area contributed by atoms with Gasteiger partial charge in [0.15, 0.2) is 0 Å². The zero-order valence-electron chi connectivity index (χ0n) is 13.4. The fourth-order valence-corrected chi connectivity index (χ4v) is 4.14. The van der Waals surface area contributed by atoms with E-state index in [0.717, 1.165) is 24.7 Å². The second-order valence-corrected chi connectivity index (χ2v) is 6.93. The molecule has 2 saturated carbocycles. The fourth-order valence-electron chi connectivity index (χ4n) is 4.14. The van der Waals surface area contributed by atoms with E-state index in [4.69, 9.17) is 5.11 Å². The first-order valence-electron chi connectivity index (χ1n) is 8.54. The number of carboxylic acids is 1. The molecule has 0 aromatic rings. The van der Waals surface area contributed by atoms with Crippen molar-refractivity contribution in [3.8, 4) is 0 Å². The van der Waals surface area contributed by atoms with E-state index in [9.17, 15) is 9.59 Å². The summed E-state index contributed by atoms with van der Waals surface area (Å²) in [6, 6.07) is 0. The third kappa shape index (κ3) is 3.98. The van der Waals surface area contributed by atoms with E-state index in [2.05, 4.69) is 0 Å². The summed E-state index contributed by atoms with van der Waals surface area (Å²) in [6.45, 7) is 4.57. The molecule has 0 aromatic carbocycles. The summed E-state index contributed by atoms with van der Waals surface area (Å²) >= 11 is 0. The molecule has 21 heavy (non-hydrogen) atoms. The van der Waals surface area contributed by atoms with Crippen LogP contribution in [0.4, 0.5) is 0 Å². The Morgan fingerprint density at radius 1 is 1.14 bits per heavy atom. The van der Waals surface area contributed by atoms with E-state index in [1.807, 2.05) is 6.92 Å². The van der Waals surface area contributed by atoms with Gasteiger partial charge in [0.05, 0.1) is 5.92 Å². The zero-order valence-corrected chi connectivity index (χ0v) is 13.4. The lowest BCUT2D eigenvalue weighted by Gasteiger charge is -2.40. The van der Waals surface area contributed by atoms with Crippen LogP contribution < -0.4 is 0 Å². The number of carboxylic acid groups (broad SMARTS) is 1. The van der Waals surface area contributed by atoms with Crippen LogP contribution in [0.15, 0.2) is 0 Å². The van der Waals surface area contributed by atoms with Crippen molar-refractivity contribution in [2.45, 2.75) is 58.8 Å². The van der Waals surface area contributed by atoms with Crippen LogP contribution in [0.3, 0.4) is 0 Å². The minimum absolute atomic E-state index is 0.130. The summed E-state index contributed by atoms with van der Waals surface area (Å²) in [7, 11) is 0. The average molecular weight is 295 g/mol. The Balaban J connectivity index is 1.93. The van der Waals surface area contributed by atoms with Crippen LogP contribution in [0.1, 0.15) is 58.8 Å². The topological polar surface area (TPSA) is 57.6 Å². The molecule has 4 atom stereocenters. The van der Waals surface area contributed by atoms with Gasteiger partial charge in [-0.25, -0.2) is 0 Å². The number of rotatable bonds is 5. The van der Waals surface area contributed by atoms with Crippen LogP contribution in [-0.2, 0) is 9.59 Å². The van der Waals surface area contributed by atoms with Crippen LogP contribution in [0, 0.1) is 23.7 Å². The summed E-state index contributed by atoms with van der Waals surface area (Å²) in [6.07, 6.45) is 8.52. The largest absolute Gasteiger partial charge is 0.481 e. The van der Waals surface area contributed by atoms with Crippen molar-refractivity contribution in [1.29, 1.82) is 0 Å². The van der Waals surface area contributed by atoms with Gasteiger partial charge in [-0.05, 0) is 38.0 Å². The van der Waals surface area contributed by atoms with Gasteiger partial charge in [0, 0.05) is 19.0 Å². The molecule has 0 aliphatic heterocycles. The molecular formula is C17H29NO3. The molecule has 4 heteroatoms. The Kier molecular flexibility index (Phi) is 5.65. The molecule has 1 amide bonds. The van der Waals surface area contributed by atoms with E-state index in [-0.39, 0.29) is 11.8 Å². The molecule has 0 aromatic heterocycles. The zero-order chi connectivity index (χ0) is 15.4. The van der Waals surface area contributed by atoms with E-state index in [1.165, 1.54) is 32.1 Å². The predicted molar refractivity (Wildman–Crippen MR) is 81.8 cm³/mol. The summed E-state index contributed by atoms with van der Waals surface area (Å²) in [4.78, 5) is 25.5. The third-order valence-electron chi connectivity index (χ3n) is 5.50. The van der Waals surface area contributed by atoms with Crippen LogP contribution in [0.2, 0.25) is 0 Å². The Labute approximate surface area is 127 Å². The van der Waals surface area contributed by atoms with Gasteiger partial charge in [0.25, 0.3) is 0 Å². The maximum atomic E-state index is 12.7. The number of carbonyl (C=O) groups excluding carboxylic acids is 1. The van der Waals surface area contributed by atoms with Crippen molar-refractivity contribution < 1.29 is 14.7 Å². The highest BCUT2D eigenvalue weighted by molar-refractivity contribution is 5.80. The fraction of sp³-hybridized carbons (Fsp3) is 0.882. The lowest BCUT2D eigenvalue weighted by Crippen LogP contribution is -2.43. The van der Waals surface area contributed by atoms with Crippen molar-refractivity contribution in [2.75, 3.05) is 13.1 Å². The number of aliphatic carboxylic acids is 1. The Morgan fingerprint density at radius 3 is 2.43 bits per heavy atom. The lowest BCUT2D eigenvalue weighted by atomic mass is 9.67. The van der Waals surface area contributed by atoms with Gasteiger partial charge in [0.1, 0.15) is 0 Å². The molecule has 2 rings (SSSR count). The molecule has 0 heterocycles. The maximum absolute atomic E-state index is 12.7. The van der Waals surface area contributed by atoms with Gasteiger partial charge in [-0.2, -0.15) is 0 Å². The lowest BCUT2D eigenvalue weighted by molar-refractivity contribution is -0.144. The Hall–Kier alpha value is -1.06. The molecule has 2 aliphatic carbocycles. The molecule has 4 unspecified atom stereocenters. The predicted octanol–water partition coefficient (Wildman–Crippen LogP) is 3.16. The molecule has 1 N–H and O–H groups in total. The van der Waals surface area contributed by atoms with Gasteiger partial charge in [-0.3, -0.25) is 9.59 Å². The summed E-state index contributed by atoms with van der Waals surface area (Å²) in [5.74, 6) is 0.588.